The van der Waals surface area contributed by atoms with Crippen molar-refractivity contribution in [2.75, 3.05) is 26.8 Å². The molecule has 0 spiro atoms. The van der Waals surface area contributed by atoms with Gasteiger partial charge in [0.1, 0.15) is 0 Å². The van der Waals surface area contributed by atoms with E-state index in [0.29, 0.717) is 0 Å². The summed E-state index contributed by atoms with van der Waals surface area (Å²) in [5, 5.41) is 1.00. The van der Waals surface area contributed by atoms with Gasteiger partial charge < -0.3 is 9.42 Å². The van der Waals surface area contributed by atoms with Crippen LogP contribution in [0.1, 0.15) is 20.3 Å². The van der Waals surface area contributed by atoms with Crippen molar-refractivity contribution in [3.05, 3.63) is 11.4 Å². The number of nitrogens with zero attached hydrogens (tertiary/aromatic N) is 1. The van der Waals surface area contributed by atoms with Crippen LogP contribution in [0.4, 0.5) is 0 Å². The topological polar surface area (TPSA) is 29.5 Å². The van der Waals surface area contributed by atoms with Gasteiger partial charge in [0.15, 0.2) is 0 Å². The van der Waals surface area contributed by atoms with Crippen LogP contribution in [-0.2, 0) is 9.09 Å². The molecule has 14 heavy (non-hydrogen) atoms. The van der Waals surface area contributed by atoms with Gasteiger partial charge in [-0.1, -0.05) is 6.08 Å². The summed E-state index contributed by atoms with van der Waals surface area (Å²) in [5.74, 6) is 0. The largest absolute Gasteiger partial charge is 0.323 e. The van der Waals surface area contributed by atoms with Crippen molar-refractivity contribution >= 4 is 7.37 Å². The summed E-state index contributed by atoms with van der Waals surface area (Å²) in [6, 6.07) is 0. The van der Waals surface area contributed by atoms with E-state index in [-0.39, 0.29) is 6.10 Å². The molecule has 1 atom stereocenters. The van der Waals surface area contributed by atoms with E-state index in [2.05, 4.69) is 11.9 Å². The minimum atomic E-state index is -2.52. The van der Waals surface area contributed by atoms with Gasteiger partial charge in [0.05, 0.1) is 6.10 Å². The van der Waals surface area contributed by atoms with Gasteiger partial charge in [0.25, 0.3) is 0 Å². The molecule has 1 aliphatic heterocycles. The van der Waals surface area contributed by atoms with Crippen LogP contribution in [0.3, 0.4) is 0 Å². The van der Waals surface area contributed by atoms with E-state index in [4.69, 9.17) is 4.52 Å². The van der Waals surface area contributed by atoms with Crippen LogP contribution in [0.15, 0.2) is 11.4 Å². The summed E-state index contributed by atoms with van der Waals surface area (Å²) in [4.78, 5) is 2.21. The fourth-order valence-corrected chi connectivity index (χ4v) is 3.46. The maximum Gasteiger partial charge on any atom is 0.225 e. The molecule has 4 heteroatoms. The van der Waals surface area contributed by atoms with E-state index in [1.165, 1.54) is 0 Å². The molecule has 1 unspecified atom stereocenters. The van der Waals surface area contributed by atoms with E-state index in [1.807, 2.05) is 19.9 Å². The molecule has 0 amide bonds. The number of hydrogen-bond donors (Lipinski definition) is 0. The van der Waals surface area contributed by atoms with Crippen LogP contribution in [0.5, 0.6) is 0 Å². The molecule has 0 fully saturated rings. The highest BCUT2D eigenvalue weighted by molar-refractivity contribution is 7.62. The third-order valence-corrected chi connectivity index (χ3v) is 4.60. The Bertz CT molecular complexity index is 273. The maximum absolute atomic E-state index is 12.2. The second-order valence-electron chi connectivity index (χ2n) is 4.21. The van der Waals surface area contributed by atoms with E-state index < -0.39 is 7.37 Å². The zero-order valence-corrected chi connectivity index (χ0v) is 10.4. The van der Waals surface area contributed by atoms with Crippen LogP contribution < -0.4 is 0 Å². The van der Waals surface area contributed by atoms with Crippen LogP contribution in [0.25, 0.3) is 0 Å². The molecule has 0 saturated heterocycles. The van der Waals surface area contributed by atoms with Crippen LogP contribution >= 0.6 is 7.37 Å². The lowest BCUT2D eigenvalue weighted by Crippen LogP contribution is -2.24. The number of hydrogen-bond acceptors (Lipinski definition) is 3. The third-order valence-electron chi connectivity index (χ3n) is 2.32. The van der Waals surface area contributed by atoms with Gasteiger partial charge in [-0.15, -0.1) is 0 Å². The fraction of sp³-hybridized carbons (Fsp3) is 0.800. The Morgan fingerprint density at radius 1 is 1.57 bits per heavy atom. The van der Waals surface area contributed by atoms with E-state index in [9.17, 15) is 4.57 Å². The Hall–Kier alpha value is -0.110. The highest BCUT2D eigenvalue weighted by atomic mass is 31.2. The Kier molecular flexibility index (Phi) is 3.94. The minimum Gasteiger partial charge on any atom is -0.323 e. The first kappa shape index (κ1) is 12.0. The first-order valence-electron chi connectivity index (χ1n) is 5.06. The Labute approximate surface area is 86.6 Å². The molecule has 1 heterocycles. The Morgan fingerprint density at radius 3 is 2.64 bits per heavy atom. The zero-order chi connectivity index (χ0) is 10.8. The van der Waals surface area contributed by atoms with E-state index in [0.717, 1.165) is 24.8 Å². The van der Waals surface area contributed by atoms with Crippen molar-refractivity contribution in [2.45, 2.75) is 26.4 Å². The lowest BCUT2D eigenvalue weighted by Gasteiger charge is -2.26. The van der Waals surface area contributed by atoms with E-state index >= 15 is 0 Å². The average molecular weight is 217 g/mol. The van der Waals surface area contributed by atoms with Crippen LogP contribution in [0.2, 0.25) is 0 Å². The zero-order valence-electron chi connectivity index (χ0n) is 9.49. The van der Waals surface area contributed by atoms with Gasteiger partial charge in [0, 0.05) is 25.1 Å². The normalized spacial score (nSPS) is 23.4. The second-order valence-corrected chi connectivity index (χ2v) is 6.68. The van der Waals surface area contributed by atoms with E-state index in [1.54, 1.807) is 6.66 Å². The van der Waals surface area contributed by atoms with Gasteiger partial charge in [-0.05, 0) is 27.3 Å². The Morgan fingerprint density at radius 2 is 2.21 bits per heavy atom. The summed E-state index contributed by atoms with van der Waals surface area (Å²) < 4.78 is 17.7. The molecule has 1 rings (SSSR count). The molecule has 1 aliphatic rings. The predicted octanol–water partition coefficient (Wildman–Crippen LogP) is 2.54. The standard InChI is InChI=1S/C10H20NO2P/c1-9(2)13-14(4,12)10-5-7-11(3)8-6-10/h5,9H,6-8H2,1-4H3. The fourth-order valence-electron chi connectivity index (χ4n) is 1.60. The van der Waals surface area contributed by atoms with Crippen LogP contribution in [0, 0.1) is 0 Å². The van der Waals surface area contributed by atoms with Gasteiger partial charge in [0.2, 0.25) is 7.37 Å². The average Bonchev–Trinajstić information content (AvgIpc) is 2.02. The predicted molar refractivity (Wildman–Crippen MR) is 59.9 cm³/mol. The molecule has 3 nitrogen and oxygen atoms in total. The summed E-state index contributed by atoms with van der Waals surface area (Å²) in [7, 11) is -0.450. The second kappa shape index (κ2) is 4.61. The van der Waals surface area contributed by atoms with Gasteiger partial charge >= 0.3 is 0 Å². The Balaban J connectivity index is 2.68. The highest BCUT2D eigenvalue weighted by Gasteiger charge is 2.25. The molecular weight excluding hydrogens is 197 g/mol. The van der Waals surface area contributed by atoms with Gasteiger partial charge in [-0.3, -0.25) is 4.57 Å². The molecule has 0 aliphatic carbocycles. The maximum atomic E-state index is 12.2. The summed E-state index contributed by atoms with van der Waals surface area (Å²) in [6.45, 7) is 7.43. The molecule has 0 saturated carbocycles. The SMILES string of the molecule is CC(C)OP(C)(=O)C1=CCN(C)CC1. The number of rotatable bonds is 3. The molecule has 0 aromatic carbocycles. The monoisotopic (exact) mass is 217 g/mol. The van der Waals surface area contributed by atoms with Crippen molar-refractivity contribution in [3.63, 3.8) is 0 Å². The lowest BCUT2D eigenvalue weighted by molar-refractivity contribution is 0.247. The van der Waals surface area contributed by atoms with Crippen molar-refractivity contribution < 1.29 is 9.09 Å². The molecular formula is C10H20NO2P. The smallest absolute Gasteiger partial charge is 0.225 e. The minimum absolute atomic E-state index is 0.0337. The summed E-state index contributed by atoms with van der Waals surface area (Å²) in [6.07, 6.45) is 2.95. The molecule has 82 valence electrons. The van der Waals surface area contributed by atoms with Crippen molar-refractivity contribution in [2.24, 2.45) is 0 Å². The first-order valence-corrected chi connectivity index (χ1v) is 7.13. The van der Waals surface area contributed by atoms with Gasteiger partial charge in [-0.25, -0.2) is 0 Å². The van der Waals surface area contributed by atoms with Crippen LogP contribution in [-0.4, -0.2) is 37.8 Å². The van der Waals surface area contributed by atoms with Gasteiger partial charge in [-0.2, -0.15) is 0 Å². The molecule has 0 radical (unpaired) electrons. The molecule has 0 N–H and O–H groups in total. The molecule has 0 aromatic heterocycles. The first-order chi connectivity index (χ1) is 6.42. The quantitative estimate of drug-likeness (QED) is 0.680. The number of likely N-dealkylation sites (N-methyl/N-ethyl adjacent to an activating group) is 1. The van der Waals surface area contributed by atoms with Crippen molar-refractivity contribution in [1.82, 2.24) is 4.90 Å². The van der Waals surface area contributed by atoms with Crippen molar-refractivity contribution in [1.29, 1.82) is 0 Å². The molecule has 0 aromatic rings. The lowest BCUT2D eigenvalue weighted by atomic mass is 10.3. The highest BCUT2D eigenvalue weighted by Crippen LogP contribution is 2.54. The van der Waals surface area contributed by atoms with Crippen molar-refractivity contribution in [3.8, 4) is 0 Å². The molecule has 0 bridgehead atoms. The summed E-state index contributed by atoms with van der Waals surface area (Å²) >= 11 is 0. The third kappa shape index (κ3) is 3.23. The summed E-state index contributed by atoms with van der Waals surface area (Å²) in [5.41, 5.74) is 0.